The summed E-state index contributed by atoms with van der Waals surface area (Å²) in [6.45, 7) is 4.49. The first kappa shape index (κ1) is 22.6. The molecule has 0 spiro atoms. The molecule has 0 aromatic heterocycles. The van der Waals surface area contributed by atoms with Crippen LogP contribution in [-0.4, -0.2) is 44.1 Å². The standard InChI is InChI=1S/C22H28N2O4S/c1-15-5-7-18(16(2)11-15)24-22(26)14-29-13-21(25)23-10-9-17-6-8-19(27-3)20(12-17)28-4/h5-8,11-12H,9-10,13-14H2,1-4H3,(H,23,25)(H,24,26). The third-order valence-corrected chi connectivity index (χ3v) is 5.24. The summed E-state index contributed by atoms with van der Waals surface area (Å²) >= 11 is 1.29. The van der Waals surface area contributed by atoms with E-state index in [9.17, 15) is 9.59 Å². The average Bonchev–Trinajstić information content (AvgIpc) is 2.70. The molecule has 0 unspecified atom stereocenters. The van der Waals surface area contributed by atoms with Crippen LogP contribution in [0, 0.1) is 13.8 Å². The fourth-order valence-electron chi connectivity index (χ4n) is 2.81. The number of carbonyl (C=O) groups excluding carboxylic acids is 2. The first-order valence-corrected chi connectivity index (χ1v) is 10.5. The Hall–Kier alpha value is -2.67. The smallest absolute Gasteiger partial charge is 0.234 e. The lowest BCUT2D eigenvalue weighted by Crippen LogP contribution is -2.28. The highest BCUT2D eigenvalue weighted by atomic mass is 32.2. The predicted molar refractivity (Wildman–Crippen MR) is 118 cm³/mol. The van der Waals surface area contributed by atoms with E-state index in [0.29, 0.717) is 24.5 Å². The van der Waals surface area contributed by atoms with Gasteiger partial charge in [0.1, 0.15) is 0 Å². The van der Waals surface area contributed by atoms with Gasteiger partial charge < -0.3 is 20.1 Å². The number of aryl methyl sites for hydroxylation is 2. The van der Waals surface area contributed by atoms with E-state index in [4.69, 9.17) is 9.47 Å². The Kier molecular flexibility index (Phi) is 8.86. The topological polar surface area (TPSA) is 76.7 Å². The molecule has 0 aliphatic heterocycles. The number of anilines is 1. The molecule has 2 N–H and O–H groups in total. The molecule has 29 heavy (non-hydrogen) atoms. The maximum absolute atomic E-state index is 12.1. The van der Waals surface area contributed by atoms with Crippen LogP contribution < -0.4 is 20.1 Å². The van der Waals surface area contributed by atoms with Crippen molar-refractivity contribution in [3.8, 4) is 11.5 Å². The van der Waals surface area contributed by atoms with Crippen molar-refractivity contribution in [2.45, 2.75) is 20.3 Å². The third-order valence-electron chi connectivity index (χ3n) is 4.31. The Morgan fingerprint density at radius 1 is 0.931 bits per heavy atom. The summed E-state index contributed by atoms with van der Waals surface area (Å²) < 4.78 is 10.5. The van der Waals surface area contributed by atoms with E-state index >= 15 is 0 Å². The first-order chi connectivity index (χ1) is 13.9. The predicted octanol–water partition coefficient (Wildman–Crippen LogP) is 3.35. The molecule has 2 rings (SSSR count). The number of carbonyl (C=O) groups is 2. The minimum Gasteiger partial charge on any atom is -0.493 e. The van der Waals surface area contributed by atoms with Gasteiger partial charge in [-0.05, 0) is 49.6 Å². The SMILES string of the molecule is COc1ccc(CCNC(=O)CSCC(=O)Nc2ccc(C)cc2C)cc1OC. The number of amides is 2. The van der Waals surface area contributed by atoms with Crippen LogP contribution in [0.3, 0.4) is 0 Å². The number of ether oxygens (including phenoxy) is 2. The fourth-order valence-corrected chi connectivity index (χ4v) is 3.46. The third kappa shape index (κ3) is 7.34. The maximum atomic E-state index is 12.1. The number of methoxy groups -OCH3 is 2. The molecule has 7 heteroatoms. The quantitative estimate of drug-likeness (QED) is 0.621. The summed E-state index contributed by atoms with van der Waals surface area (Å²) in [4.78, 5) is 24.0. The number of benzene rings is 2. The zero-order chi connectivity index (χ0) is 21.2. The molecule has 0 bridgehead atoms. The van der Waals surface area contributed by atoms with Gasteiger partial charge in [0, 0.05) is 12.2 Å². The van der Waals surface area contributed by atoms with Crippen molar-refractivity contribution in [2.75, 3.05) is 37.6 Å². The van der Waals surface area contributed by atoms with Gasteiger partial charge in [-0.15, -0.1) is 11.8 Å². The molecule has 0 radical (unpaired) electrons. The molecule has 2 aromatic rings. The highest BCUT2D eigenvalue weighted by molar-refractivity contribution is 8.00. The van der Waals surface area contributed by atoms with Crippen LogP contribution in [-0.2, 0) is 16.0 Å². The molecule has 2 amide bonds. The van der Waals surface area contributed by atoms with Gasteiger partial charge in [0.2, 0.25) is 11.8 Å². The lowest BCUT2D eigenvalue weighted by Gasteiger charge is -2.10. The van der Waals surface area contributed by atoms with Crippen LogP contribution in [0.4, 0.5) is 5.69 Å². The molecular weight excluding hydrogens is 388 g/mol. The highest BCUT2D eigenvalue weighted by Gasteiger charge is 2.08. The molecule has 0 fully saturated rings. The highest BCUT2D eigenvalue weighted by Crippen LogP contribution is 2.27. The number of nitrogens with one attached hydrogen (secondary N) is 2. The monoisotopic (exact) mass is 416 g/mol. The summed E-state index contributed by atoms with van der Waals surface area (Å²) in [6, 6.07) is 11.6. The fraction of sp³-hybridized carbons (Fsp3) is 0.364. The zero-order valence-electron chi connectivity index (χ0n) is 17.3. The van der Waals surface area contributed by atoms with Crippen LogP contribution in [0.5, 0.6) is 11.5 Å². The Bertz CT molecular complexity index is 855. The molecule has 0 atom stereocenters. The van der Waals surface area contributed by atoms with E-state index in [1.165, 1.54) is 11.8 Å². The van der Waals surface area contributed by atoms with Gasteiger partial charge in [-0.2, -0.15) is 0 Å². The van der Waals surface area contributed by atoms with Gasteiger partial charge in [-0.1, -0.05) is 23.8 Å². The van der Waals surface area contributed by atoms with Gasteiger partial charge >= 0.3 is 0 Å². The average molecular weight is 417 g/mol. The van der Waals surface area contributed by atoms with Crippen LogP contribution in [0.15, 0.2) is 36.4 Å². The van der Waals surface area contributed by atoms with Crippen molar-refractivity contribution in [1.82, 2.24) is 5.32 Å². The normalized spacial score (nSPS) is 10.3. The Labute approximate surface area is 176 Å². The van der Waals surface area contributed by atoms with Crippen LogP contribution in [0.1, 0.15) is 16.7 Å². The molecule has 0 heterocycles. The minimum atomic E-state index is -0.111. The summed E-state index contributed by atoms with van der Waals surface area (Å²) in [7, 11) is 3.19. The van der Waals surface area contributed by atoms with Crippen LogP contribution in [0.25, 0.3) is 0 Å². The van der Waals surface area contributed by atoms with Gasteiger partial charge in [0.05, 0.1) is 25.7 Å². The summed E-state index contributed by atoms with van der Waals surface area (Å²) in [5.74, 6) is 1.62. The van der Waals surface area contributed by atoms with Gasteiger partial charge in [-0.3, -0.25) is 9.59 Å². The van der Waals surface area contributed by atoms with Crippen molar-refractivity contribution < 1.29 is 19.1 Å². The Morgan fingerprint density at radius 2 is 1.66 bits per heavy atom. The van der Waals surface area contributed by atoms with E-state index < -0.39 is 0 Å². The van der Waals surface area contributed by atoms with Crippen LogP contribution >= 0.6 is 11.8 Å². The van der Waals surface area contributed by atoms with E-state index in [-0.39, 0.29) is 23.3 Å². The number of hydrogen-bond acceptors (Lipinski definition) is 5. The Morgan fingerprint density at radius 3 is 2.34 bits per heavy atom. The van der Waals surface area contributed by atoms with Crippen molar-refractivity contribution in [3.05, 3.63) is 53.1 Å². The van der Waals surface area contributed by atoms with Gasteiger partial charge in [0.15, 0.2) is 11.5 Å². The van der Waals surface area contributed by atoms with E-state index in [0.717, 1.165) is 22.4 Å². The lowest BCUT2D eigenvalue weighted by atomic mass is 10.1. The number of hydrogen-bond donors (Lipinski definition) is 2. The molecule has 0 aliphatic rings. The molecule has 0 saturated heterocycles. The molecule has 0 saturated carbocycles. The number of thioether (sulfide) groups is 1. The second-order valence-corrected chi connectivity index (χ2v) is 7.63. The molecular formula is C22H28N2O4S. The number of rotatable bonds is 10. The van der Waals surface area contributed by atoms with E-state index in [1.54, 1.807) is 14.2 Å². The van der Waals surface area contributed by atoms with E-state index in [1.807, 2.05) is 50.2 Å². The minimum absolute atomic E-state index is 0.0882. The maximum Gasteiger partial charge on any atom is 0.234 e. The van der Waals surface area contributed by atoms with E-state index in [2.05, 4.69) is 10.6 Å². The zero-order valence-corrected chi connectivity index (χ0v) is 18.2. The van der Waals surface area contributed by atoms with Crippen molar-refractivity contribution in [1.29, 1.82) is 0 Å². The van der Waals surface area contributed by atoms with Gasteiger partial charge in [0.25, 0.3) is 0 Å². The second-order valence-electron chi connectivity index (χ2n) is 6.65. The summed E-state index contributed by atoms with van der Waals surface area (Å²) in [5.41, 5.74) is 4.03. The summed E-state index contributed by atoms with van der Waals surface area (Å²) in [6.07, 6.45) is 0.684. The largest absolute Gasteiger partial charge is 0.493 e. The second kappa shape index (κ2) is 11.4. The van der Waals surface area contributed by atoms with Gasteiger partial charge in [-0.25, -0.2) is 0 Å². The van der Waals surface area contributed by atoms with Crippen molar-refractivity contribution in [3.63, 3.8) is 0 Å². The van der Waals surface area contributed by atoms with Crippen LogP contribution in [0.2, 0.25) is 0 Å². The lowest BCUT2D eigenvalue weighted by molar-refractivity contribution is -0.118. The summed E-state index contributed by atoms with van der Waals surface area (Å²) in [5, 5.41) is 5.75. The first-order valence-electron chi connectivity index (χ1n) is 9.35. The van der Waals surface area contributed by atoms with Crippen molar-refractivity contribution >= 4 is 29.3 Å². The molecule has 0 aliphatic carbocycles. The molecule has 156 valence electrons. The Balaban J connectivity index is 1.67. The molecule has 6 nitrogen and oxygen atoms in total. The molecule has 2 aromatic carbocycles. The van der Waals surface area contributed by atoms with Crippen molar-refractivity contribution in [2.24, 2.45) is 0 Å².